The maximum absolute atomic E-state index is 12.8. The minimum absolute atomic E-state index is 0.0974. The van der Waals surface area contributed by atoms with Gasteiger partial charge in [0.25, 0.3) is 5.91 Å². The summed E-state index contributed by atoms with van der Waals surface area (Å²) in [5, 5.41) is 2.45. The molecule has 1 fully saturated rings. The molecule has 2 aromatic carbocycles. The number of carbonyl (C=O) groups excluding carboxylic acids is 2. The van der Waals surface area contributed by atoms with Gasteiger partial charge < -0.3 is 10.2 Å². The van der Waals surface area contributed by atoms with Gasteiger partial charge in [0.2, 0.25) is 16.4 Å². The number of hydrogen-bond acceptors (Lipinski definition) is 4. The van der Waals surface area contributed by atoms with E-state index in [4.69, 9.17) is 0 Å². The van der Waals surface area contributed by atoms with E-state index >= 15 is 0 Å². The first-order chi connectivity index (χ1) is 12.5. The van der Waals surface area contributed by atoms with Crippen molar-refractivity contribution in [3.8, 4) is 0 Å². The summed E-state index contributed by atoms with van der Waals surface area (Å²) < 4.78 is 27.0. The zero-order valence-electron chi connectivity index (χ0n) is 14.0. The summed E-state index contributed by atoms with van der Waals surface area (Å²) in [7, 11) is -3.68. The summed E-state index contributed by atoms with van der Waals surface area (Å²) in [6.07, 6.45) is 0.500. The summed E-state index contributed by atoms with van der Waals surface area (Å²) in [5.41, 5.74) is 1.01. The zero-order valence-corrected chi connectivity index (χ0v) is 14.9. The molecule has 1 heterocycles. The average Bonchev–Trinajstić information content (AvgIpc) is 2.69. The lowest BCUT2D eigenvalue weighted by molar-refractivity contribution is -0.105. The molecule has 0 spiro atoms. The number of nitrogens with one attached hydrogen (secondary N) is 1. The molecule has 0 bridgehead atoms. The van der Waals surface area contributed by atoms with Crippen molar-refractivity contribution in [2.45, 2.75) is 4.90 Å². The number of anilines is 1. The summed E-state index contributed by atoms with van der Waals surface area (Å²) in [5.74, 6) is -0.0974. The van der Waals surface area contributed by atoms with Crippen molar-refractivity contribution < 1.29 is 18.0 Å². The van der Waals surface area contributed by atoms with Gasteiger partial charge in [-0.25, -0.2) is 8.42 Å². The summed E-state index contributed by atoms with van der Waals surface area (Å²) >= 11 is 0. The van der Waals surface area contributed by atoms with Crippen LogP contribution in [0.2, 0.25) is 0 Å². The second kappa shape index (κ2) is 7.67. The van der Waals surface area contributed by atoms with Gasteiger partial charge in [0.05, 0.1) is 4.90 Å². The third-order valence-electron chi connectivity index (χ3n) is 4.24. The standard InChI is InChI=1S/C18H19N3O4S/c22-14-19-16-7-4-8-17(13-16)26(24,25)21-11-9-20(10-12-21)18(23)15-5-2-1-3-6-15/h1-8,13-14H,9-12H2,(H,19,22). The molecular weight excluding hydrogens is 354 g/mol. The van der Waals surface area contributed by atoms with Crippen molar-refractivity contribution in [2.75, 3.05) is 31.5 Å². The molecule has 0 aromatic heterocycles. The van der Waals surface area contributed by atoms with E-state index in [0.29, 0.717) is 30.8 Å². The molecular formula is C18H19N3O4S. The van der Waals surface area contributed by atoms with E-state index in [1.54, 1.807) is 41.3 Å². The Bertz CT molecular complexity index is 892. The molecule has 2 amide bonds. The summed E-state index contributed by atoms with van der Waals surface area (Å²) in [6.45, 7) is 1.12. The van der Waals surface area contributed by atoms with Crippen molar-refractivity contribution in [2.24, 2.45) is 0 Å². The molecule has 1 aliphatic rings. The fraction of sp³-hybridized carbons (Fsp3) is 0.222. The predicted molar refractivity (Wildman–Crippen MR) is 97.2 cm³/mol. The maximum atomic E-state index is 12.8. The number of hydrogen-bond donors (Lipinski definition) is 1. The number of carbonyl (C=O) groups is 2. The summed E-state index contributed by atoms with van der Waals surface area (Å²) in [4.78, 5) is 24.8. The van der Waals surface area contributed by atoms with Crippen LogP contribution in [0.15, 0.2) is 59.5 Å². The van der Waals surface area contributed by atoms with E-state index < -0.39 is 10.0 Å². The van der Waals surface area contributed by atoms with Gasteiger partial charge >= 0.3 is 0 Å². The second-order valence-electron chi connectivity index (χ2n) is 5.85. The molecule has 1 saturated heterocycles. The van der Waals surface area contributed by atoms with Crippen LogP contribution in [0.5, 0.6) is 0 Å². The minimum Gasteiger partial charge on any atom is -0.336 e. The lowest BCUT2D eigenvalue weighted by Crippen LogP contribution is -2.50. The van der Waals surface area contributed by atoms with Crippen LogP contribution in [0.25, 0.3) is 0 Å². The van der Waals surface area contributed by atoms with E-state index in [-0.39, 0.29) is 23.9 Å². The van der Waals surface area contributed by atoms with Gasteiger partial charge in [-0.15, -0.1) is 0 Å². The van der Waals surface area contributed by atoms with Crippen molar-refractivity contribution >= 4 is 28.0 Å². The van der Waals surface area contributed by atoms with Gasteiger partial charge in [-0.1, -0.05) is 24.3 Å². The highest BCUT2D eigenvalue weighted by atomic mass is 32.2. The molecule has 0 radical (unpaired) electrons. The first-order valence-electron chi connectivity index (χ1n) is 8.17. The highest BCUT2D eigenvalue weighted by Gasteiger charge is 2.30. The van der Waals surface area contributed by atoms with Crippen LogP contribution >= 0.6 is 0 Å². The van der Waals surface area contributed by atoms with E-state index in [9.17, 15) is 18.0 Å². The van der Waals surface area contributed by atoms with E-state index in [2.05, 4.69) is 5.32 Å². The van der Waals surface area contributed by atoms with E-state index in [0.717, 1.165) is 0 Å². The van der Waals surface area contributed by atoms with Crippen LogP contribution in [0, 0.1) is 0 Å². The predicted octanol–water partition coefficient (Wildman–Crippen LogP) is 1.40. The molecule has 2 aromatic rings. The van der Waals surface area contributed by atoms with E-state index in [1.165, 1.54) is 16.4 Å². The molecule has 0 atom stereocenters. The van der Waals surface area contributed by atoms with E-state index in [1.807, 2.05) is 6.07 Å². The number of amides is 2. The quantitative estimate of drug-likeness (QED) is 0.803. The van der Waals surface area contributed by atoms with Crippen LogP contribution in [-0.2, 0) is 14.8 Å². The fourth-order valence-corrected chi connectivity index (χ4v) is 4.33. The molecule has 3 rings (SSSR count). The van der Waals surface area contributed by atoms with Gasteiger partial charge in [0, 0.05) is 37.4 Å². The Kier molecular flexibility index (Phi) is 5.34. The van der Waals surface area contributed by atoms with Gasteiger partial charge in [-0.2, -0.15) is 4.31 Å². The fourth-order valence-electron chi connectivity index (χ4n) is 2.86. The first kappa shape index (κ1) is 18.1. The number of benzene rings is 2. The monoisotopic (exact) mass is 373 g/mol. The second-order valence-corrected chi connectivity index (χ2v) is 7.79. The maximum Gasteiger partial charge on any atom is 0.253 e. The van der Waals surface area contributed by atoms with Gasteiger partial charge in [-0.05, 0) is 30.3 Å². The zero-order chi connectivity index (χ0) is 18.6. The molecule has 1 aliphatic heterocycles. The lowest BCUT2D eigenvalue weighted by Gasteiger charge is -2.34. The largest absolute Gasteiger partial charge is 0.336 e. The Morgan fingerprint density at radius 3 is 2.31 bits per heavy atom. The van der Waals surface area contributed by atoms with Crippen molar-refractivity contribution in [3.05, 3.63) is 60.2 Å². The molecule has 26 heavy (non-hydrogen) atoms. The SMILES string of the molecule is O=CNc1cccc(S(=O)(=O)N2CCN(C(=O)c3ccccc3)CC2)c1. The highest BCUT2D eigenvalue weighted by Crippen LogP contribution is 2.21. The first-order valence-corrected chi connectivity index (χ1v) is 9.61. The molecule has 7 nitrogen and oxygen atoms in total. The highest BCUT2D eigenvalue weighted by molar-refractivity contribution is 7.89. The normalized spacial score (nSPS) is 15.5. The lowest BCUT2D eigenvalue weighted by atomic mass is 10.2. The molecule has 136 valence electrons. The van der Waals surface area contributed by atoms with Crippen LogP contribution in [0.1, 0.15) is 10.4 Å². The van der Waals surface area contributed by atoms with Crippen molar-refractivity contribution in [1.82, 2.24) is 9.21 Å². The average molecular weight is 373 g/mol. The van der Waals surface area contributed by atoms with Gasteiger partial charge in [0.15, 0.2) is 0 Å². The molecule has 1 N–H and O–H groups in total. The smallest absolute Gasteiger partial charge is 0.253 e. The van der Waals surface area contributed by atoms with Gasteiger partial charge in [0.1, 0.15) is 0 Å². The Labute approximate surface area is 152 Å². The van der Waals surface area contributed by atoms with Crippen LogP contribution < -0.4 is 5.32 Å². The Balaban J connectivity index is 1.70. The third-order valence-corrected chi connectivity index (χ3v) is 6.14. The number of rotatable bonds is 5. The van der Waals surface area contributed by atoms with Crippen molar-refractivity contribution in [1.29, 1.82) is 0 Å². The van der Waals surface area contributed by atoms with Crippen molar-refractivity contribution in [3.63, 3.8) is 0 Å². The molecule has 0 unspecified atom stereocenters. The third kappa shape index (κ3) is 3.76. The number of piperazine rings is 1. The minimum atomic E-state index is -3.68. The molecule has 8 heteroatoms. The molecule has 0 saturated carbocycles. The Morgan fingerprint density at radius 2 is 1.65 bits per heavy atom. The Hall–Kier alpha value is -2.71. The van der Waals surface area contributed by atoms with Crippen LogP contribution in [0.3, 0.4) is 0 Å². The number of nitrogens with zero attached hydrogens (tertiary/aromatic N) is 2. The van der Waals surface area contributed by atoms with Crippen LogP contribution in [-0.4, -0.2) is 56.1 Å². The van der Waals surface area contributed by atoms with Crippen LogP contribution in [0.4, 0.5) is 5.69 Å². The molecule has 0 aliphatic carbocycles. The Morgan fingerprint density at radius 1 is 0.962 bits per heavy atom. The van der Waals surface area contributed by atoms with Gasteiger partial charge in [-0.3, -0.25) is 9.59 Å². The summed E-state index contributed by atoms with van der Waals surface area (Å²) in [6, 6.07) is 15.0. The topological polar surface area (TPSA) is 86.8 Å². The number of sulfonamides is 1.